The molecule has 9 heteroatoms. The molecule has 2 aliphatic heterocycles. The van der Waals surface area contributed by atoms with Crippen molar-refractivity contribution in [3.8, 4) is 5.75 Å². The van der Waals surface area contributed by atoms with Gasteiger partial charge in [0.25, 0.3) is 5.91 Å². The molecule has 2 aromatic carbocycles. The van der Waals surface area contributed by atoms with E-state index in [4.69, 9.17) is 21.1 Å². The molecule has 5 rings (SSSR count). The quantitative estimate of drug-likeness (QED) is 0.611. The number of aromatic nitrogens is 1. The van der Waals surface area contributed by atoms with E-state index >= 15 is 0 Å². The summed E-state index contributed by atoms with van der Waals surface area (Å²) in [6, 6.07) is 12.7. The maximum absolute atomic E-state index is 12.9. The van der Waals surface area contributed by atoms with Crippen LogP contribution in [-0.4, -0.2) is 67.7 Å². The van der Waals surface area contributed by atoms with E-state index in [1.807, 2.05) is 40.1 Å². The second kappa shape index (κ2) is 9.33. The van der Waals surface area contributed by atoms with Gasteiger partial charge in [-0.25, -0.2) is 0 Å². The van der Waals surface area contributed by atoms with E-state index < -0.39 is 0 Å². The molecule has 2 amide bonds. The summed E-state index contributed by atoms with van der Waals surface area (Å²) in [6.07, 6.45) is 0.810. The van der Waals surface area contributed by atoms with Crippen molar-refractivity contribution in [1.29, 1.82) is 0 Å². The number of rotatable bonds is 4. The number of halogens is 1. The van der Waals surface area contributed by atoms with Crippen LogP contribution in [0.4, 0.5) is 11.4 Å². The molecule has 0 radical (unpaired) electrons. The highest BCUT2D eigenvalue weighted by Gasteiger charge is 2.24. The van der Waals surface area contributed by atoms with Crippen LogP contribution in [0.15, 0.2) is 42.5 Å². The number of aromatic amines is 1. The highest BCUT2D eigenvalue weighted by Crippen LogP contribution is 2.34. The van der Waals surface area contributed by atoms with E-state index in [-0.39, 0.29) is 18.4 Å². The van der Waals surface area contributed by atoms with Crippen molar-refractivity contribution < 1.29 is 19.1 Å². The Balaban J connectivity index is 1.35. The third kappa shape index (κ3) is 4.77. The lowest BCUT2D eigenvalue weighted by atomic mass is 10.2. The maximum atomic E-state index is 12.9. The molecule has 0 bridgehead atoms. The number of ether oxygens (including phenoxy) is 2. The van der Waals surface area contributed by atoms with E-state index in [2.05, 4.69) is 10.3 Å². The number of H-pyrrole nitrogens is 1. The van der Waals surface area contributed by atoms with Crippen molar-refractivity contribution in [1.82, 2.24) is 9.88 Å². The number of carbonyl (C=O) groups is 2. The third-order valence-electron chi connectivity index (χ3n) is 5.90. The van der Waals surface area contributed by atoms with Crippen molar-refractivity contribution in [3.05, 3.63) is 53.2 Å². The molecule has 8 nitrogen and oxygen atoms in total. The summed E-state index contributed by atoms with van der Waals surface area (Å²) in [6.45, 7) is 3.91. The summed E-state index contributed by atoms with van der Waals surface area (Å²) in [4.78, 5) is 32.7. The van der Waals surface area contributed by atoms with E-state index in [0.29, 0.717) is 61.6 Å². The zero-order valence-electron chi connectivity index (χ0n) is 18.1. The number of nitrogens with zero attached hydrogens (tertiary/aromatic N) is 2. The van der Waals surface area contributed by atoms with Gasteiger partial charge in [-0.15, -0.1) is 0 Å². The van der Waals surface area contributed by atoms with E-state index in [1.165, 1.54) is 0 Å². The number of fused-ring (bicyclic) bond motifs is 2. The van der Waals surface area contributed by atoms with Gasteiger partial charge in [-0.3, -0.25) is 9.59 Å². The van der Waals surface area contributed by atoms with Crippen molar-refractivity contribution >= 4 is 45.7 Å². The number of anilines is 2. The van der Waals surface area contributed by atoms with Gasteiger partial charge in [-0.2, -0.15) is 0 Å². The van der Waals surface area contributed by atoms with Crippen molar-refractivity contribution in [2.24, 2.45) is 0 Å². The maximum Gasteiger partial charge on any atom is 0.272 e. The summed E-state index contributed by atoms with van der Waals surface area (Å²) < 4.78 is 11.2. The molecule has 0 saturated carbocycles. The van der Waals surface area contributed by atoms with Gasteiger partial charge in [0.05, 0.1) is 32.1 Å². The summed E-state index contributed by atoms with van der Waals surface area (Å²) >= 11 is 6.05. The van der Waals surface area contributed by atoms with Gasteiger partial charge in [-0.1, -0.05) is 11.6 Å². The fourth-order valence-electron chi connectivity index (χ4n) is 4.19. The number of hydrogen-bond acceptors (Lipinski definition) is 5. The molecule has 0 unspecified atom stereocenters. The minimum atomic E-state index is -0.257. The van der Waals surface area contributed by atoms with Gasteiger partial charge in [-0.05, 0) is 48.9 Å². The molecule has 1 saturated heterocycles. The highest BCUT2D eigenvalue weighted by molar-refractivity contribution is 6.31. The van der Waals surface area contributed by atoms with Crippen LogP contribution in [0.25, 0.3) is 10.9 Å². The van der Waals surface area contributed by atoms with E-state index in [0.717, 1.165) is 23.0 Å². The highest BCUT2D eigenvalue weighted by atomic mass is 35.5. The third-order valence-corrected chi connectivity index (χ3v) is 6.14. The Morgan fingerprint density at radius 3 is 2.73 bits per heavy atom. The molecule has 3 heterocycles. The van der Waals surface area contributed by atoms with Crippen molar-refractivity contribution in [3.63, 3.8) is 0 Å². The minimum Gasteiger partial charge on any atom is -0.491 e. The fourth-order valence-corrected chi connectivity index (χ4v) is 4.37. The SMILES string of the molecule is O=C(Nc1ccc2c(c1)N(CC(=O)N1CCOCC1)CCCO2)c1cc2cc(Cl)ccc2[nH]1. The van der Waals surface area contributed by atoms with Crippen molar-refractivity contribution in [2.75, 3.05) is 56.2 Å². The molecule has 2 N–H and O–H groups in total. The minimum absolute atomic E-state index is 0.0670. The van der Waals surface area contributed by atoms with Crippen LogP contribution in [0.1, 0.15) is 16.9 Å². The molecule has 3 aromatic rings. The molecule has 0 atom stereocenters. The average molecular weight is 469 g/mol. The normalized spacial score (nSPS) is 16.2. The van der Waals surface area contributed by atoms with Gasteiger partial charge < -0.3 is 29.6 Å². The van der Waals surface area contributed by atoms with Crippen LogP contribution >= 0.6 is 11.6 Å². The molecular weight excluding hydrogens is 444 g/mol. The van der Waals surface area contributed by atoms with Crippen LogP contribution in [-0.2, 0) is 9.53 Å². The van der Waals surface area contributed by atoms with Crippen LogP contribution in [0.3, 0.4) is 0 Å². The number of nitrogens with one attached hydrogen (secondary N) is 2. The lowest BCUT2D eigenvalue weighted by molar-refractivity contribution is -0.133. The summed E-state index contributed by atoms with van der Waals surface area (Å²) in [5, 5.41) is 4.43. The molecule has 0 aliphatic carbocycles. The Labute approximate surface area is 196 Å². The smallest absolute Gasteiger partial charge is 0.272 e. The molecule has 33 heavy (non-hydrogen) atoms. The number of hydrogen-bond donors (Lipinski definition) is 2. The predicted molar refractivity (Wildman–Crippen MR) is 127 cm³/mol. The lowest BCUT2D eigenvalue weighted by Crippen LogP contribution is -2.46. The van der Waals surface area contributed by atoms with E-state index in [1.54, 1.807) is 12.1 Å². The Morgan fingerprint density at radius 2 is 1.88 bits per heavy atom. The monoisotopic (exact) mass is 468 g/mol. The molecule has 1 fully saturated rings. The molecule has 2 aliphatic rings. The topological polar surface area (TPSA) is 86.9 Å². The Morgan fingerprint density at radius 1 is 1.03 bits per heavy atom. The summed E-state index contributed by atoms with van der Waals surface area (Å²) in [7, 11) is 0. The Hall–Kier alpha value is -3.23. The first-order valence-corrected chi connectivity index (χ1v) is 11.4. The standard InChI is InChI=1S/C24H25ClN4O4/c25-17-2-4-19-16(12-17)13-20(27-19)24(31)26-18-3-5-22-21(14-18)29(6-1-9-33-22)15-23(30)28-7-10-32-11-8-28/h2-5,12-14,27H,1,6-11,15H2,(H,26,31). The van der Waals surface area contributed by atoms with Crippen molar-refractivity contribution in [2.45, 2.75) is 6.42 Å². The Kier molecular flexibility index (Phi) is 6.11. The largest absolute Gasteiger partial charge is 0.491 e. The van der Waals surface area contributed by atoms with Crippen LogP contribution in [0.5, 0.6) is 5.75 Å². The molecule has 1 aromatic heterocycles. The number of amides is 2. The number of carbonyl (C=O) groups excluding carboxylic acids is 2. The second-order valence-corrected chi connectivity index (χ2v) is 8.60. The average Bonchev–Trinajstić information content (AvgIpc) is 3.15. The fraction of sp³-hybridized carbons (Fsp3) is 0.333. The van der Waals surface area contributed by atoms with Crippen LogP contribution in [0.2, 0.25) is 5.02 Å². The van der Waals surface area contributed by atoms with Gasteiger partial charge in [0.2, 0.25) is 5.91 Å². The zero-order valence-corrected chi connectivity index (χ0v) is 18.9. The first kappa shape index (κ1) is 21.6. The Bertz CT molecular complexity index is 1190. The second-order valence-electron chi connectivity index (χ2n) is 8.17. The summed E-state index contributed by atoms with van der Waals surface area (Å²) in [5.41, 5.74) is 2.71. The predicted octanol–water partition coefficient (Wildman–Crippen LogP) is 3.52. The first-order chi connectivity index (χ1) is 16.1. The molecular formula is C24H25ClN4O4. The van der Waals surface area contributed by atoms with Gasteiger partial charge in [0.15, 0.2) is 0 Å². The lowest BCUT2D eigenvalue weighted by Gasteiger charge is -2.30. The van der Waals surface area contributed by atoms with Gasteiger partial charge in [0.1, 0.15) is 11.4 Å². The molecule has 172 valence electrons. The first-order valence-electron chi connectivity index (χ1n) is 11.0. The number of morpholine rings is 1. The van der Waals surface area contributed by atoms with Gasteiger partial charge >= 0.3 is 0 Å². The van der Waals surface area contributed by atoms with Crippen LogP contribution in [0, 0.1) is 0 Å². The summed E-state index contributed by atoms with van der Waals surface area (Å²) in [5.74, 6) is 0.519. The molecule has 0 spiro atoms. The zero-order chi connectivity index (χ0) is 22.8. The number of benzene rings is 2. The van der Waals surface area contributed by atoms with Gasteiger partial charge in [0, 0.05) is 41.2 Å². The van der Waals surface area contributed by atoms with Crippen LogP contribution < -0.4 is 15.0 Å². The van der Waals surface area contributed by atoms with E-state index in [9.17, 15) is 9.59 Å².